The molecule has 0 aliphatic heterocycles. The Kier molecular flexibility index (Phi) is 5.08. The van der Waals surface area contributed by atoms with Gasteiger partial charge < -0.3 is 4.74 Å². The largest absolute Gasteiger partial charge is 0.461 e. The number of esters is 1. The van der Waals surface area contributed by atoms with Crippen LogP contribution in [0.25, 0.3) is 0 Å². The first-order valence-corrected chi connectivity index (χ1v) is 11.8. The highest BCUT2D eigenvalue weighted by Crippen LogP contribution is 2.66. The van der Waals surface area contributed by atoms with Gasteiger partial charge in [0.15, 0.2) is 0 Å². The van der Waals surface area contributed by atoms with Crippen molar-refractivity contribution >= 4 is 33.5 Å². The molecule has 4 aliphatic rings. The normalized spacial score (nSPS) is 50.3. The summed E-state index contributed by atoms with van der Waals surface area (Å²) in [5.74, 6) is 1.88. The van der Waals surface area contributed by atoms with E-state index in [0.29, 0.717) is 30.0 Å². The maximum Gasteiger partial charge on any atom is 0.302 e. The summed E-state index contributed by atoms with van der Waals surface area (Å²) in [4.78, 5) is 37.4. The molecular weight excluding hydrogens is 420 g/mol. The van der Waals surface area contributed by atoms with Gasteiger partial charge in [-0.2, -0.15) is 0 Å². The van der Waals surface area contributed by atoms with Gasteiger partial charge in [-0.3, -0.25) is 14.4 Å². The molecule has 4 nitrogen and oxygen atoms in total. The van der Waals surface area contributed by atoms with Crippen LogP contribution in [0.3, 0.4) is 0 Å². The fourth-order valence-electron chi connectivity index (χ4n) is 8.04. The van der Waals surface area contributed by atoms with Crippen LogP contribution in [0.5, 0.6) is 0 Å². The van der Waals surface area contributed by atoms with Crippen LogP contribution in [-0.2, 0) is 19.1 Å². The topological polar surface area (TPSA) is 60.4 Å². The van der Waals surface area contributed by atoms with Crippen molar-refractivity contribution in [2.75, 3.05) is 0 Å². The Morgan fingerprint density at radius 3 is 2.43 bits per heavy atom. The van der Waals surface area contributed by atoms with Crippen LogP contribution in [0.4, 0.5) is 0 Å². The Bertz CT molecular complexity index is 705. The highest BCUT2D eigenvalue weighted by atomic mass is 79.9. The summed E-state index contributed by atoms with van der Waals surface area (Å²) in [6.07, 6.45) is 6.40. The van der Waals surface area contributed by atoms with Gasteiger partial charge in [-0.05, 0) is 74.0 Å². The van der Waals surface area contributed by atoms with Crippen LogP contribution in [0.1, 0.15) is 72.6 Å². The lowest BCUT2D eigenvalue weighted by atomic mass is 9.44. The summed E-state index contributed by atoms with van der Waals surface area (Å²) in [5.41, 5.74) is -0.184. The molecule has 0 heterocycles. The molecule has 28 heavy (non-hydrogen) atoms. The zero-order chi connectivity index (χ0) is 20.4. The Labute approximate surface area is 176 Å². The lowest BCUT2D eigenvalue weighted by molar-refractivity contribution is -0.168. The van der Waals surface area contributed by atoms with E-state index in [1.54, 1.807) is 6.92 Å². The van der Waals surface area contributed by atoms with Crippen LogP contribution in [0.2, 0.25) is 0 Å². The highest BCUT2D eigenvalue weighted by Gasteiger charge is 2.64. The first kappa shape index (κ1) is 20.6. The summed E-state index contributed by atoms with van der Waals surface area (Å²) >= 11 is 3.78. The molecule has 0 aromatic rings. The zero-order valence-corrected chi connectivity index (χ0v) is 19.1. The third-order valence-corrected chi connectivity index (χ3v) is 10.0. The fraction of sp³-hybridized carbons (Fsp3) is 0.870. The van der Waals surface area contributed by atoms with Crippen molar-refractivity contribution in [2.45, 2.75) is 83.6 Å². The van der Waals surface area contributed by atoms with Crippen molar-refractivity contribution in [3.05, 3.63) is 0 Å². The molecule has 4 rings (SSSR count). The summed E-state index contributed by atoms with van der Waals surface area (Å²) in [7, 11) is 0. The van der Waals surface area contributed by atoms with E-state index < -0.39 is 0 Å². The first-order chi connectivity index (χ1) is 13.1. The van der Waals surface area contributed by atoms with Crippen molar-refractivity contribution in [1.29, 1.82) is 0 Å². The summed E-state index contributed by atoms with van der Waals surface area (Å²) in [6, 6.07) is 0. The second-order valence-corrected chi connectivity index (χ2v) is 11.7. The van der Waals surface area contributed by atoms with Crippen LogP contribution in [0.15, 0.2) is 0 Å². The summed E-state index contributed by atoms with van der Waals surface area (Å²) in [5, 5.41) is 0. The van der Waals surface area contributed by atoms with Gasteiger partial charge in [-0.15, -0.1) is 0 Å². The number of carbonyl (C=O) groups excluding carboxylic acids is 3. The summed E-state index contributed by atoms with van der Waals surface area (Å²) in [6.45, 7) is 7.70. The average Bonchev–Trinajstić information content (AvgIpc) is 2.91. The van der Waals surface area contributed by atoms with Gasteiger partial charge in [-0.1, -0.05) is 29.8 Å². The van der Waals surface area contributed by atoms with E-state index in [1.807, 2.05) is 0 Å². The molecule has 4 fully saturated rings. The van der Waals surface area contributed by atoms with Crippen LogP contribution >= 0.6 is 15.9 Å². The number of hydrogen-bond acceptors (Lipinski definition) is 4. The van der Waals surface area contributed by atoms with E-state index in [2.05, 4.69) is 29.8 Å². The third-order valence-electron chi connectivity index (χ3n) is 9.11. The molecule has 5 heteroatoms. The van der Waals surface area contributed by atoms with E-state index in [1.165, 1.54) is 6.92 Å². The maximum atomic E-state index is 13.6. The molecule has 0 aromatic heterocycles. The van der Waals surface area contributed by atoms with Crippen molar-refractivity contribution in [2.24, 2.45) is 40.4 Å². The predicted molar refractivity (Wildman–Crippen MR) is 110 cm³/mol. The Hall–Kier alpha value is -0.710. The monoisotopic (exact) mass is 452 g/mol. The SMILES string of the molecule is CC(=O)O[C@H]1C[C@@H]2CC[C@H]3[C@@H]4CC[C@H](C(C)=O)[C@@]4(C)CC(=O)[C@@H]3[C@@]2(C)C[C@@H]1Br. The van der Waals surface area contributed by atoms with Gasteiger partial charge in [0.2, 0.25) is 0 Å². The number of Topliss-reactive ketones (excluding diaryl/α,β-unsaturated/α-hetero) is 2. The van der Waals surface area contributed by atoms with Gasteiger partial charge >= 0.3 is 5.97 Å². The number of alkyl halides is 1. The number of rotatable bonds is 2. The molecule has 0 bridgehead atoms. The molecule has 4 aliphatic carbocycles. The van der Waals surface area contributed by atoms with Gasteiger partial charge in [0.05, 0.1) is 4.83 Å². The molecule has 0 unspecified atom stereocenters. The van der Waals surface area contributed by atoms with Gasteiger partial charge in [0.1, 0.15) is 17.7 Å². The number of halogens is 1. The molecule has 0 aromatic carbocycles. The smallest absolute Gasteiger partial charge is 0.302 e. The fourth-order valence-corrected chi connectivity index (χ4v) is 9.06. The Morgan fingerprint density at radius 1 is 1.07 bits per heavy atom. The first-order valence-electron chi connectivity index (χ1n) is 10.9. The molecule has 0 spiro atoms. The Morgan fingerprint density at radius 2 is 1.79 bits per heavy atom. The van der Waals surface area contributed by atoms with Gasteiger partial charge in [-0.25, -0.2) is 0 Å². The second kappa shape index (κ2) is 6.92. The third kappa shape index (κ3) is 2.94. The standard InChI is InChI=1S/C23H33BrO4/c1-12(25)16-7-8-17-15-6-5-14-9-20(28-13(2)26)18(24)10-22(14,3)21(15)19(27)11-23(16,17)4/h14-18,20-21H,5-11H2,1-4H3/t14-,15-,16+,17-,18-,20-,21+,22-,23+/m0/s1. The van der Waals surface area contributed by atoms with Crippen LogP contribution in [0, 0.1) is 40.4 Å². The highest BCUT2D eigenvalue weighted by molar-refractivity contribution is 9.09. The van der Waals surface area contributed by atoms with Gasteiger partial charge in [0.25, 0.3) is 0 Å². The van der Waals surface area contributed by atoms with E-state index in [4.69, 9.17) is 4.74 Å². The number of carbonyl (C=O) groups is 3. The van der Waals surface area contributed by atoms with E-state index in [-0.39, 0.29) is 45.3 Å². The van der Waals surface area contributed by atoms with Gasteiger partial charge in [0, 0.05) is 25.2 Å². The molecule has 0 radical (unpaired) electrons. The number of ketones is 2. The minimum Gasteiger partial charge on any atom is -0.461 e. The molecule has 9 atom stereocenters. The second-order valence-electron chi connectivity index (χ2n) is 10.5. The summed E-state index contributed by atoms with van der Waals surface area (Å²) < 4.78 is 5.58. The molecule has 0 saturated heterocycles. The molecular formula is C23H33BrO4. The quantitative estimate of drug-likeness (QED) is 0.449. The minimum absolute atomic E-state index is 0.0412. The lowest BCUT2D eigenvalue weighted by Crippen LogP contribution is -2.59. The van der Waals surface area contributed by atoms with E-state index in [9.17, 15) is 14.4 Å². The number of ether oxygens (including phenoxy) is 1. The average molecular weight is 453 g/mol. The minimum atomic E-state index is -0.225. The van der Waals surface area contributed by atoms with Crippen LogP contribution in [-0.4, -0.2) is 28.5 Å². The zero-order valence-electron chi connectivity index (χ0n) is 17.5. The van der Waals surface area contributed by atoms with E-state index in [0.717, 1.165) is 38.5 Å². The maximum absolute atomic E-state index is 13.6. The molecule has 0 N–H and O–H groups in total. The predicted octanol–water partition coefficient (Wildman–Crippen LogP) is 4.72. The Balaban J connectivity index is 1.63. The van der Waals surface area contributed by atoms with Crippen molar-refractivity contribution < 1.29 is 19.1 Å². The van der Waals surface area contributed by atoms with Crippen molar-refractivity contribution in [3.8, 4) is 0 Å². The van der Waals surface area contributed by atoms with Crippen LogP contribution < -0.4 is 0 Å². The number of hydrogen-bond donors (Lipinski definition) is 0. The van der Waals surface area contributed by atoms with Crippen molar-refractivity contribution in [3.63, 3.8) is 0 Å². The lowest BCUT2D eigenvalue weighted by Gasteiger charge is -2.60. The molecule has 4 saturated carbocycles. The molecule has 0 amide bonds. The number of fused-ring (bicyclic) bond motifs is 5. The van der Waals surface area contributed by atoms with E-state index >= 15 is 0 Å². The van der Waals surface area contributed by atoms with Crippen molar-refractivity contribution in [1.82, 2.24) is 0 Å². The molecule has 156 valence electrons.